The third-order valence-corrected chi connectivity index (χ3v) is 6.02. The number of rotatable bonds is 15. The van der Waals surface area contributed by atoms with Crippen molar-refractivity contribution >= 4 is 6.29 Å². The Hall–Kier alpha value is -0.490. The molecule has 0 aromatic rings. The van der Waals surface area contributed by atoms with Crippen LogP contribution in [0.2, 0.25) is 0 Å². The van der Waals surface area contributed by atoms with Crippen molar-refractivity contribution in [1.82, 2.24) is 0 Å². The maximum absolute atomic E-state index is 12.0. The van der Waals surface area contributed by atoms with Gasteiger partial charge in [-0.2, -0.15) is 0 Å². The lowest BCUT2D eigenvalue weighted by atomic mass is 9.90. The summed E-state index contributed by atoms with van der Waals surface area (Å²) in [5.41, 5.74) is -0.837. The van der Waals surface area contributed by atoms with Gasteiger partial charge in [0.05, 0.1) is 18.3 Å². The van der Waals surface area contributed by atoms with E-state index in [1.54, 1.807) is 7.11 Å². The van der Waals surface area contributed by atoms with Crippen LogP contribution in [0.5, 0.6) is 0 Å². The maximum atomic E-state index is 12.0. The van der Waals surface area contributed by atoms with E-state index in [0.29, 0.717) is 6.42 Å². The van der Waals surface area contributed by atoms with Crippen LogP contribution in [0, 0.1) is 0 Å². The summed E-state index contributed by atoms with van der Waals surface area (Å²) >= 11 is 0. The summed E-state index contributed by atoms with van der Waals surface area (Å²) in [6.07, 6.45) is 15.6. The first-order valence-electron chi connectivity index (χ1n) is 11.1. The number of carbonyl (C=O) groups is 1. The molecule has 2 fully saturated rings. The first-order valence-corrected chi connectivity index (χ1v) is 11.1. The van der Waals surface area contributed by atoms with Gasteiger partial charge in [-0.25, -0.2) is 0 Å². The second-order valence-electron chi connectivity index (χ2n) is 8.14. The highest BCUT2D eigenvalue weighted by Gasteiger charge is 2.49. The van der Waals surface area contributed by atoms with Gasteiger partial charge in [0, 0.05) is 13.7 Å². The quantitative estimate of drug-likeness (QED) is 0.231. The zero-order chi connectivity index (χ0) is 19.4. The third kappa shape index (κ3) is 7.12. The molecule has 0 N–H and O–H groups in total. The Morgan fingerprint density at radius 1 is 1.07 bits per heavy atom. The SMILES string of the molecule is CCCCCCCCCCC(OCOC)C1(C=O)CCC(C2CCCO2)O1. The van der Waals surface area contributed by atoms with Crippen LogP contribution in [0.1, 0.15) is 90.4 Å². The fourth-order valence-corrected chi connectivity index (χ4v) is 4.41. The molecule has 158 valence electrons. The van der Waals surface area contributed by atoms with Crippen molar-refractivity contribution < 1.29 is 23.7 Å². The lowest BCUT2D eigenvalue weighted by molar-refractivity contribution is -0.184. The Labute approximate surface area is 165 Å². The molecule has 0 saturated carbocycles. The number of aldehydes is 1. The molecule has 4 atom stereocenters. The van der Waals surface area contributed by atoms with Crippen LogP contribution in [0.3, 0.4) is 0 Å². The van der Waals surface area contributed by atoms with E-state index in [0.717, 1.165) is 45.0 Å². The molecule has 0 bridgehead atoms. The number of ether oxygens (including phenoxy) is 4. The van der Waals surface area contributed by atoms with Gasteiger partial charge in [-0.3, -0.25) is 0 Å². The van der Waals surface area contributed by atoms with E-state index in [-0.39, 0.29) is 25.1 Å². The molecule has 5 nitrogen and oxygen atoms in total. The zero-order valence-electron chi connectivity index (χ0n) is 17.5. The number of carbonyl (C=O) groups excluding carboxylic acids is 1. The molecular weight excluding hydrogens is 344 g/mol. The number of unbranched alkanes of at least 4 members (excludes halogenated alkanes) is 7. The molecule has 27 heavy (non-hydrogen) atoms. The van der Waals surface area contributed by atoms with Gasteiger partial charge in [0.1, 0.15) is 12.4 Å². The van der Waals surface area contributed by atoms with Gasteiger partial charge < -0.3 is 23.7 Å². The van der Waals surface area contributed by atoms with Crippen LogP contribution in [-0.2, 0) is 23.7 Å². The fourth-order valence-electron chi connectivity index (χ4n) is 4.41. The number of hydrogen-bond donors (Lipinski definition) is 0. The van der Waals surface area contributed by atoms with Crippen molar-refractivity contribution in [3.8, 4) is 0 Å². The van der Waals surface area contributed by atoms with Crippen LogP contribution in [0.15, 0.2) is 0 Å². The molecule has 0 aromatic carbocycles. The number of methoxy groups -OCH3 is 1. The van der Waals surface area contributed by atoms with Crippen molar-refractivity contribution in [3.05, 3.63) is 0 Å². The Bertz CT molecular complexity index is 396. The smallest absolute Gasteiger partial charge is 0.154 e. The summed E-state index contributed by atoms with van der Waals surface area (Å²) < 4.78 is 23.1. The van der Waals surface area contributed by atoms with E-state index in [2.05, 4.69) is 6.92 Å². The summed E-state index contributed by atoms with van der Waals surface area (Å²) in [5, 5.41) is 0. The fraction of sp³-hybridized carbons (Fsp3) is 0.955. The largest absolute Gasteiger partial charge is 0.376 e. The highest BCUT2D eigenvalue weighted by molar-refractivity contribution is 5.64. The van der Waals surface area contributed by atoms with Crippen molar-refractivity contribution in [2.24, 2.45) is 0 Å². The molecule has 4 unspecified atom stereocenters. The molecule has 2 aliphatic rings. The maximum Gasteiger partial charge on any atom is 0.154 e. The topological polar surface area (TPSA) is 54.0 Å². The van der Waals surface area contributed by atoms with Crippen LogP contribution < -0.4 is 0 Å². The minimum Gasteiger partial charge on any atom is -0.376 e. The Morgan fingerprint density at radius 3 is 2.44 bits per heavy atom. The summed E-state index contributed by atoms with van der Waals surface area (Å²) in [4.78, 5) is 12.0. The molecule has 0 aromatic heterocycles. The predicted octanol–water partition coefficient (Wildman–Crippen LogP) is 4.80. The summed E-state index contributed by atoms with van der Waals surface area (Å²) in [7, 11) is 1.62. The molecule has 2 rings (SSSR count). The minimum absolute atomic E-state index is 0.0184. The van der Waals surface area contributed by atoms with Crippen molar-refractivity contribution in [1.29, 1.82) is 0 Å². The van der Waals surface area contributed by atoms with Crippen LogP contribution >= 0.6 is 0 Å². The molecule has 2 aliphatic heterocycles. The van der Waals surface area contributed by atoms with E-state index in [9.17, 15) is 4.79 Å². The van der Waals surface area contributed by atoms with Gasteiger partial charge in [0.2, 0.25) is 0 Å². The average molecular weight is 385 g/mol. The monoisotopic (exact) mass is 384 g/mol. The highest BCUT2D eigenvalue weighted by Crippen LogP contribution is 2.39. The van der Waals surface area contributed by atoms with E-state index in [1.807, 2.05) is 0 Å². The minimum atomic E-state index is -0.837. The summed E-state index contributed by atoms with van der Waals surface area (Å²) in [5.74, 6) is 0. The zero-order valence-corrected chi connectivity index (χ0v) is 17.5. The molecule has 0 amide bonds. The third-order valence-electron chi connectivity index (χ3n) is 6.02. The molecule has 5 heteroatoms. The van der Waals surface area contributed by atoms with Crippen LogP contribution in [0.25, 0.3) is 0 Å². The Morgan fingerprint density at radius 2 is 1.81 bits per heavy atom. The summed E-state index contributed by atoms with van der Waals surface area (Å²) in [6, 6.07) is 0. The molecule has 0 radical (unpaired) electrons. The first kappa shape index (κ1) is 22.8. The molecular formula is C22H40O5. The molecule has 2 heterocycles. The van der Waals surface area contributed by atoms with Gasteiger partial charge >= 0.3 is 0 Å². The second kappa shape index (κ2) is 12.9. The van der Waals surface area contributed by atoms with Gasteiger partial charge in [0.25, 0.3) is 0 Å². The predicted molar refractivity (Wildman–Crippen MR) is 106 cm³/mol. The van der Waals surface area contributed by atoms with Crippen molar-refractivity contribution in [3.63, 3.8) is 0 Å². The van der Waals surface area contributed by atoms with Crippen molar-refractivity contribution in [2.75, 3.05) is 20.5 Å². The van der Waals surface area contributed by atoms with Gasteiger partial charge in [0.15, 0.2) is 6.29 Å². The van der Waals surface area contributed by atoms with E-state index >= 15 is 0 Å². The van der Waals surface area contributed by atoms with Gasteiger partial charge in [-0.15, -0.1) is 0 Å². The van der Waals surface area contributed by atoms with E-state index in [1.165, 1.54) is 44.9 Å². The number of hydrogen-bond acceptors (Lipinski definition) is 5. The average Bonchev–Trinajstić information content (AvgIpc) is 3.36. The van der Waals surface area contributed by atoms with E-state index < -0.39 is 5.60 Å². The molecule has 2 saturated heterocycles. The standard InChI is InChI=1S/C22H40O5/c1-3-4-5-6-7-8-9-10-13-21(26-18-24-2)22(17-23)15-14-20(27-22)19-12-11-16-25-19/h17,19-21H,3-16,18H2,1-2H3. The summed E-state index contributed by atoms with van der Waals surface area (Å²) in [6.45, 7) is 3.25. The lowest BCUT2D eigenvalue weighted by Crippen LogP contribution is -2.47. The van der Waals surface area contributed by atoms with Gasteiger partial charge in [-0.1, -0.05) is 58.3 Å². The Balaban J connectivity index is 1.79. The second-order valence-corrected chi connectivity index (χ2v) is 8.14. The van der Waals surface area contributed by atoms with Crippen LogP contribution in [-0.4, -0.2) is 50.7 Å². The first-order chi connectivity index (χ1) is 13.3. The Kier molecular flexibility index (Phi) is 10.9. The van der Waals surface area contributed by atoms with Crippen LogP contribution in [0.4, 0.5) is 0 Å². The lowest BCUT2D eigenvalue weighted by Gasteiger charge is -2.33. The van der Waals surface area contributed by atoms with Crippen molar-refractivity contribution in [2.45, 2.75) is 114 Å². The van der Waals surface area contributed by atoms with Gasteiger partial charge in [-0.05, 0) is 32.1 Å². The molecule has 0 aliphatic carbocycles. The van der Waals surface area contributed by atoms with E-state index in [4.69, 9.17) is 18.9 Å². The highest BCUT2D eigenvalue weighted by atomic mass is 16.7. The normalized spacial score (nSPS) is 29.3. The molecule has 0 spiro atoms.